The molecule has 1 unspecified atom stereocenters. The van der Waals surface area contributed by atoms with E-state index in [-0.39, 0.29) is 18.4 Å². The summed E-state index contributed by atoms with van der Waals surface area (Å²) in [5.74, 6) is 0.342. The van der Waals surface area contributed by atoms with Crippen molar-refractivity contribution in [3.8, 4) is 0 Å². The Morgan fingerprint density at radius 1 is 1.38 bits per heavy atom. The van der Waals surface area contributed by atoms with E-state index in [1.165, 1.54) is 6.42 Å². The van der Waals surface area contributed by atoms with E-state index in [0.717, 1.165) is 25.9 Å². The summed E-state index contributed by atoms with van der Waals surface area (Å²) in [4.78, 5) is 22.3. The first kappa shape index (κ1) is 13.0. The molecule has 0 aliphatic carbocycles. The van der Waals surface area contributed by atoms with E-state index >= 15 is 0 Å². The largest absolute Gasteiger partial charge is 0.358 e. The number of amides is 2. The second-order valence-electron chi connectivity index (χ2n) is 4.13. The number of carbonyl (C=O) groups excluding carboxylic acids is 2. The Labute approximate surface area is 96.4 Å². The molecule has 5 nitrogen and oxygen atoms in total. The molecule has 1 heterocycles. The van der Waals surface area contributed by atoms with Crippen molar-refractivity contribution >= 4 is 11.8 Å². The lowest BCUT2D eigenvalue weighted by Crippen LogP contribution is -2.35. The molecule has 0 aromatic carbocycles. The number of likely N-dealkylation sites (N-methyl/N-ethyl adjacent to an activating group) is 1. The highest BCUT2D eigenvalue weighted by molar-refractivity contribution is 5.84. The normalized spacial score (nSPS) is 20.2. The van der Waals surface area contributed by atoms with Crippen LogP contribution in [0.2, 0.25) is 0 Å². The topological polar surface area (TPSA) is 72.3 Å². The van der Waals surface area contributed by atoms with Crippen molar-refractivity contribution in [2.45, 2.75) is 25.7 Å². The second kappa shape index (κ2) is 7.22. The first-order chi connectivity index (χ1) is 7.72. The molecule has 1 radical (unpaired) electrons. The third-order valence-electron chi connectivity index (χ3n) is 2.82. The summed E-state index contributed by atoms with van der Waals surface area (Å²) >= 11 is 0. The Morgan fingerprint density at radius 3 is 2.81 bits per heavy atom. The van der Waals surface area contributed by atoms with Gasteiger partial charge in [-0.25, -0.2) is 5.32 Å². The fourth-order valence-corrected chi connectivity index (χ4v) is 1.78. The molecule has 0 spiro atoms. The van der Waals surface area contributed by atoms with Crippen LogP contribution in [0, 0.1) is 5.92 Å². The molecule has 5 heteroatoms. The van der Waals surface area contributed by atoms with Gasteiger partial charge in [-0.3, -0.25) is 9.59 Å². The first-order valence-electron chi connectivity index (χ1n) is 5.83. The molecule has 0 aromatic rings. The van der Waals surface area contributed by atoms with Crippen molar-refractivity contribution in [2.75, 3.05) is 26.7 Å². The van der Waals surface area contributed by atoms with Crippen LogP contribution in [0.15, 0.2) is 0 Å². The zero-order valence-electron chi connectivity index (χ0n) is 9.79. The number of hydrogen-bond acceptors (Lipinski definition) is 2. The summed E-state index contributed by atoms with van der Waals surface area (Å²) in [6.07, 6.45) is 3.69. The van der Waals surface area contributed by atoms with Gasteiger partial charge in [-0.15, -0.1) is 0 Å². The molecule has 16 heavy (non-hydrogen) atoms. The molecule has 2 amide bonds. The van der Waals surface area contributed by atoms with Gasteiger partial charge in [0.05, 0.1) is 6.54 Å². The minimum atomic E-state index is -0.166. The minimum Gasteiger partial charge on any atom is -0.358 e. The van der Waals surface area contributed by atoms with E-state index in [4.69, 9.17) is 0 Å². The van der Waals surface area contributed by atoms with Gasteiger partial charge in [0.15, 0.2) is 0 Å². The predicted molar refractivity (Wildman–Crippen MR) is 60.9 cm³/mol. The van der Waals surface area contributed by atoms with Crippen LogP contribution >= 0.6 is 0 Å². The highest BCUT2D eigenvalue weighted by Crippen LogP contribution is 2.16. The molecule has 1 fully saturated rings. The number of nitrogens with zero attached hydrogens (tertiary/aromatic N) is 1. The van der Waals surface area contributed by atoms with Gasteiger partial charge in [0, 0.05) is 26.6 Å². The molecule has 2 N–H and O–H groups in total. The van der Waals surface area contributed by atoms with E-state index in [0.29, 0.717) is 12.3 Å². The van der Waals surface area contributed by atoms with Crippen LogP contribution in [0.25, 0.3) is 0 Å². The van der Waals surface area contributed by atoms with Crippen LogP contribution in [0.4, 0.5) is 0 Å². The van der Waals surface area contributed by atoms with Gasteiger partial charge in [-0.05, 0) is 25.2 Å². The second-order valence-corrected chi connectivity index (χ2v) is 4.13. The van der Waals surface area contributed by atoms with Crippen molar-refractivity contribution in [3.05, 3.63) is 0 Å². The Hall–Kier alpha value is -1.10. The highest BCUT2D eigenvalue weighted by Gasteiger charge is 2.15. The van der Waals surface area contributed by atoms with Crippen molar-refractivity contribution < 1.29 is 9.59 Å². The maximum absolute atomic E-state index is 11.4. The van der Waals surface area contributed by atoms with Gasteiger partial charge in [0.25, 0.3) is 0 Å². The summed E-state index contributed by atoms with van der Waals surface area (Å²) in [7, 11) is 1.55. The molecule has 0 aromatic heterocycles. The van der Waals surface area contributed by atoms with Crippen LogP contribution in [0.1, 0.15) is 25.7 Å². The molecule has 91 valence electrons. The van der Waals surface area contributed by atoms with Crippen molar-refractivity contribution in [1.29, 1.82) is 0 Å². The van der Waals surface area contributed by atoms with Gasteiger partial charge >= 0.3 is 0 Å². The molecule has 1 aliphatic heterocycles. The average molecular weight is 226 g/mol. The first-order valence-corrected chi connectivity index (χ1v) is 5.83. The quantitative estimate of drug-likeness (QED) is 0.672. The number of carbonyl (C=O) groups is 2. The molecule has 0 saturated carbocycles. The summed E-state index contributed by atoms with van der Waals surface area (Å²) in [5.41, 5.74) is 0. The van der Waals surface area contributed by atoms with Crippen LogP contribution in [0.5, 0.6) is 0 Å². The van der Waals surface area contributed by atoms with Crippen molar-refractivity contribution in [2.24, 2.45) is 5.92 Å². The fraction of sp³-hybridized carbons (Fsp3) is 0.818. The van der Waals surface area contributed by atoms with Crippen molar-refractivity contribution in [3.63, 3.8) is 0 Å². The Kier molecular flexibility index (Phi) is 5.85. The summed E-state index contributed by atoms with van der Waals surface area (Å²) in [6.45, 7) is 1.94. The zero-order valence-corrected chi connectivity index (χ0v) is 9.79. The van der Waals surface area contributed by atoms with E-state index in [1.807, 2.05) is 0 Å². The van der Waals surface area contributed by atoms with E-state index in [9.17, 15) is 9.59 Å². The van der Waals surface area contributed by atoms with Crippen LogP contribution in [-0.4, -0.2) is 38.5 Å². The maximum atomic E-state index is 11.4. The molecule has 1 saturated heterocycles. The Morgan fingerprint density at radius 2 is 2.19 bits per heavy atom. The lowest BCUT2D eigenvalue weighted by molar-refractivity contribution is -0.126. The number of piperidine rings is 1. The standard InChI is InChI=1S/C11H20N3O2/c1-12-11(16)8-14-10(15)5-4-9-3-2-6-13-7-9/h9H,2-8H2,1H3,(H,12,16)(H,14,15). The molecule has 1 atom stereocenters. The van der Waals surface area contributed by atoms with E-state index in [1.54, 1.807) is 7.05 Å². The predicted octanol–water partition coefficient (Wildman–Crippen LogP) is -0.357. The Balaban J connectivity index is 2.07. The van der Waals surface area contributed by atoms with Crippen LogP contribution < -0.4 is 16.0 Å². The molecule has 0 bridgehead atoms. The third-order valence-corrected chi connectivity index (χ3v) is 2.82. The van der Waals surface area contributed by atoms with E-state index in [2.05, 4.69) is 16.0 Å². The summed E-state index contributed by atoms with van der Waals surface area (Å²) < 4.78 is 0. The van der Waals surface area contributed by atoms with Gasteiger partial charge in [-0.2, -0.15) is 0 Å². The van der Waals surface area contributed by atoms with Gasteiger partial charge < -0.3 is 10.6 Å². The molecule has 1 aliphatic rings. The van der Waals surface area contributed by atoms with Crippen LogP contribution in [-0.2, 0) is 9.59 Å². The lowest BCUT2D eigenvalue weighted by Gasteiger charge is -2.20. The van der Waals surface area contributed by atoms with E-state index < -0.39 is 0 Å². The van der Waals surface area contributed by atoms with Gasteiger partial charge in [0.1, 0.15) is 0 Å². The Bertz CT molecular complexity index is 237. The summed E-state index contributed by atoms with van der Waals surface area (Å²) in [5, 5.41) is 9.38. The van der Waals surface area contributed by atoms with Gasteiger partial charge in [-0.1, -0.05) is 0 Å². The number of hydrogen-bond donors (Lipinski definition) is 2. The SMILES string of the molecule is CNC(=O)CNC(=O)CCC1CCC[N]C1. The smallest absolute Gasteiger partial charge is 0.239 e. The molecular weight excluding hydrogens is 206 g/mol. The zero-order chi connectivity index (χ0) is 11.8. The molecule has 1 rings (SSSR count). The maximum Gasteiger partial charge on any atom is 0.239 e. The molecular formula is C11H20N3O2. The summed E-state index contributed by atoms with van der Waals surface area (Å²) in [6, 6.07) is 0. The van der Waals surface area contributed by atoms with Gasteiger partial charge in [0.2, 0.25) is 11.8 Å². The third kappa shape index (κ3) is 5.11. The minimum absolute atomic E-state index is 0.0471. The average Bonchev–Trinajstić information content (AvgIpc) is 2.34. The van der Waals surface area contributed by atoms with Crippen molar-refractivity contribution in [1.82, 2.24) is 16.0 Å². The number of nitrogens with one attached hydrogen (secondary N) is 2. The number of rotatable bonds is 5. The highest BCUT2D eigenvalue weighted by atomic mass is 16.2. The van der Waals surface area contributed by atoms with Crippen LogP contribution in [0.3, 0.4) is 0 Å². The lowest BCUT2D eigenvalue weighted by atomic mass is 9.94. The fourth-order valence-electron chi connectivity index (χ4n) is 1.78. The monoisotopic (exact) mass is 226 g/mol.